The van der Waals surface area contributed by atoms with Crippen molar-refractivity contribution in [2.24, 2.45) is 0 Å². The molecule has 5 heteroatoms. The molecule has 0 aliphatic carbocycles. The molecule has 27 heavy (non-hydrogen) atoms. The summed E-state index contributed by atoms with van der Waals surface area (Å²) in [5.41, 5.74) is 2.08. The molecule has 0 bridgehead atoms. The van der Waals surface area contributed by atoms with Gasteiger partial charge in [0.05, 0.1) is 0 Å². The van der Waals surface area contributed by atoms with Crippen LogP contribution in [0.2, 0.25) is 0 Å². The number of carbonyl (C=O) groups excluding carboxylic acids is 1. The summed E-state index contributed by atoms with van der Waals surface area (Å²) in [6.45, 7) is 4.20. The summed E-state index contributed by atoms with van der Waals surface area (Å²) in [5, 5.41) is 3.75. The zero-order chi connectivity index (χ0) is 19.2. The summed E-state index contributed by atoms with van der Waals surface area (Å²) < 4.78 is 11.0. The van der Waals surface area contributed by atoms with E-state index in [0.29, 0.717) is 17.9 Å². The van der Waals surface area contributed by atoms with Crippen molar-refractivity contribution >= 4 is 16.9 Å². The highest BCUT2D eigenvalue weighted by molar-refractivity contribution is 5.83. The number of rotatable bonds is 7. The van der Waals surface area contributed by atoms with Gasteiger partial charge >= 0.3 is 5.63 Å². The summed E-state index contributed by atoms with van der Waals surface area (Å²) in [6.07, 6.45) is 1.08. The van der Waals surface area contributed by atoms with Crippen molar-refractivity contribution in [3.8, 4) is 5.75 Å². The first-order valence-corrected chi connectivity index (χ1v) is 9.12. The first kappa shape index (κ1) is 18.7. The number of hydrogen-bond acceptors (Lipinski definition) is 4. The summed E-state index contributed by atoms with van der Waals surface area (Å²) in [4.78, 5) is 24.0. The number of ether oxygens (including phenoxy) is 1. The third-order valence-corrected chi connectivity index (χ3v) is 4.31. The van der Waals surface area contributed by atoms with Gasteiger partial charge in [0, 0.05) is 24.1 Å². The molecule has 0 fully saturated rings. The molecule has 140 valence electrons. The van der Waals surface area contributed by atoms with Gasteiger partial charge in [-0.05, 0) is 36.6 Å². The van der Waals surface area contributed by atoms with Gasteiger partial charge in [-0.15, -0.1) is 0 Å². The Morgan fingerprint density at radius 1 is 1.15 bits per heavy atom. The lowest BCUT2D eigenvalue weighted by Crippen LogP contribution is -2.35. The lowest BCUT2D eigenvalue weighted by molar-refractivity contribution is -0.127. The van der Waals surface area contributed by atoms with Crippen molar-refractivity contribution in [1.29, 1.82) is 0 Å². The molecule has 1 atom stereocenters. The highest BCUT2D eigenvalue weighted by Crippen LogP contribution is 2.24. The molecule has 5 nitrogen and oxygen atoms in total. The van der Waals surface area contributed by atoms with Gasteiger partial charge in [0.25, 0.3) is 5.91 Å². The van der Waals surface area contributed by atoms with Gasteiger partial charge in [-0.3, -0.25) is 4.79 Å². The van der Waals surface area contributed by atoms with Crippen molar-refractivity contribution in [1.82, 2.24) is 5.32 Å². The van der Waals surface area contributed by atoms with Gasteiger partial charge < -0.3 is 14.5 Å². The lowest BCUT2D eigenvalue weighted by atomic mass is 10.1. The van der Waals surface area contributed by atoms with E-state index < -0.39 is 6.10 Å². The first-order valence-electron chi connectivity index (χ1n) is 9.12. The standard InChI is InChI=1S/C22H23NO4/c1-3-7-17-12-21(24)27-20-13-18(10-11-19(17)20)26-15(2)22(25)23-14-16-8-5-4-6-9-16/h4-6,8-13,15H,3,7,14H2,1-2H3,(H,23,25)/t15-/m0/s1. The van der Waals surface area contributed by atoms with Crippen molar-refractivity contribution in [3.05, 3.63) is 76.1 Å². The third kappa shape index (κ3) is 4.76. The van der Waals surface area contributed by atoms with E-state index in [2.05, 4.69) is 12.2 Å². The Morgan fingerprint density at radius 3 is 2.67 bits per heavy atom. The maximum atomic E-state index is 12.3. The van der Waals surface area contributed by atoms with Crippen molar-refractivity contribution in [2.45, 2.75) is 39.3 Å². The Morgan fingerprint density at radius 2 is 1.93 bits per heavy atom. The molecule has 3 aromatic rings. The van der Waals surface area contributed by atoms with E-state index in [4.69, 9.17) is 9.15 Å². The van der Waals surface area contributed by atoms with Crippen LogP contribution in [0.1, 0.15) is 31.4 Å². The Balaban J connectivity index is 1.70. The molecule has 0 saturated carbocycles. The number of amides is 1. The normalized spacial score (nSPS) is 11.9. The van der Waals surface area contributed by atoms with Crippen LogP contribution in [0.5, 0.6) is 5.75 Å². The molecule has 1 heterocycles. The van der Waals surface area contributed by atoms with Gasteiger partial charge in [-0.25, -0.2) is 4.79 Å². The predicted octanol–water partition coefficient (Wildman–Crippen LogP) is 3.83. The van der Waals surface area contributed by atoms with Crippen molar-refractivity contribution in [2.75, 3.05) is 0 Å². The van der Waals surface area contributed by atoms with Crippen molar-refractivity contribution in [3.63, 3.8) is 0 Å². The number of fused-ring (bicyclic) bond motifs is 1. The summed E-state index contributed by atoms with van der Waals surface area (Å²) in [7, 11) is 0. The van der Waals surface area contributed by atoms with E-state index in [9.17, 15) is 9.59 Å². The van der Waals surface area contributed by atoms with E-state index in [1.807, 2.05) is 36.4 Å². The smallest absolute Gasteiger partial charge is 0.336 e. The topological polar surface area (TPSA) is 68.5 Å². The van der Waals surface area contributed by atoms with Gasteiger partial charge in [0.15, 0.2) is 6.10 Å². The highest BCUT2D eigenvalue weighted by Gasteiger charge is 2.15. The third-order valence-electron chi connectivity index (χ3n) is 4.31. The fourth-order valence-electron chi connectivity index (χ4n) is 2.95. The summed E-state index contributed by atoms with van der Waals surface area (Å²) in [5.74, 6) is 0.279. The fourth-order valence-corrected chi connectivity index (χ4v) is 2.95. The largest absolute Gasteiger partial charge is 0.481 e. The van der Waals surface area contributed by atoms with Crippen LogP contribution in [0.4, 0.5) is 0 Å². The monoisotopic (exact) mass is 365 g/mol. The second kappa shape index (κ2) is 8.54. The molecule has 0 spiro atoms. The predicted molar refractivity (Wildman–Crippen MR) is 105 cm³/mol. The molecule has 0 radical (unpaired) electrons. The van der Waals surface area contributed by atoms with Gasteiger partial charge in [0.1, 0.15) is 11.3 Å². The van der Waals surface area contributed by atoms with Crippen LogP contribution in [0.15, 0.2) is 63.8 Å². The Hall–Kier alpha value is -3.08. The zero-order valence-electron chi connectivity index (χ0n) is 15.5. The fraction of sp³-hybridized carbons (Fsp3) is 0.273. The molecule has 0 saturated heterocycles. The SMILES string of the molecule is CCCc1cc(=O)oc2cc(O[C@@H](C)C(=O)NCc3ccccc3)ccc12. The first-order chi connectivity index (χ1) is 13.1. The van der Waals surface area contributed by atoms with Crippen LogP contribution in [-0.4, -0.2) is 12.0 Å². The Bertz CT molecular complexity index is 979. The molecule has 0 aliphatic heterocycles. The molecular weight excluding hydrogens is 342 g/mol. The average molecular weight is 365 g/mol. The number of carbonyl (C=O) groups is 1. The van der Waals surface area contributed by atoms with E-state index in [-0.39, 0.29) is 11.5 Å². The average Bonchev–Trinajstić information content (AvgIpc) is 2.66. The second-order valence-corrected chi connectivity index (χ2v) is 6.46. The van der Waals surface area contributed by atoms with Gasteiger partial charge in [0.2, 0.25) is 0 Å². The molecular formula is C22H23NO4. The van der Waals surface area contributed by atoms with Gasteiger partial charge in [-0.1, -0.05) is 43.7 Å². The van der Waals surface area contributed by atoms with E-state index >= 15 is 0 Å². The maximum absolute atomic E-state index is 12.3. The minimum absolute atomic E-state index is 0.208. The highest BCUT2D eigenvalue weighted by atomic mass is 16.5. The lowest BCUT2D eigenvalue weighted by Gasteiger charge is -2.15. The molecule has 1 aromatic heterocycles. The van der Waals surface area contributed by atoms with Crippen LogP contribution in [0.25, 0.3) is 11.0 Å². The maximum Gasteiger partial charge on any atom is 0.336 e. The van der Waals surface area contributed by atoms with E-state index in [1.165, 1.54) is 6.07 Å². The molecule has 0 unspecified atom stereocenters. The Kier molecular flexibility index (Phi) is 5.91. The molecule has 3 rings (SSSR count). The van der Waals surface area contributed by atoms with E-state index in [1.54, 1.807) is 19.1 Å². The van der Waals surface area contributed by atoms with Gasteiger partial charge in [-0.2, -0.15) is 0 Å². The number of benzene rings is 2. The summed E-state index contributed by atoms with van der Waals surface area (Å²) in [6, 6.07) is 16.5. The Labute approximate surface area is 158 Å². The van der Waals surface area contributed by atoms with Crippen LogP contribution in [0.3, 0.4) is 0 Å². The van der Waals surface area contributed by atoms with Crippen molar-refractivity contribution < 1.29 is 13.9 Å². The minimum Gasteiger partial charge on any atom is -0.481 e. The quantitative estimate of drug-likeness (QED) is 0.646. The van der Waals surface area contributed by atoms with E-state index in [0.717, 1.165) is 29.4 Å². The minimum atomic E-state index is -0.670. The molecule has 0 aliphatic rings. The van der Waals surface area contributed by atoms with Crippen LogP contribution in [-0.2, 0) is 17.8 Å². The zero-order valence-corrected chi connectivity index (χ0v) is 15.5. The van der Waals surface area contributed by atoms with Crippen LogP contribution >= 0.6 is 0 Å². The van der Waals surface area contributed by atoms with Crippen LogP contribution < -0.4 is 15.7 Å². The number of aryl methyl sites for hydroxylation is 1. The number of nitrogens with one attached hydrogen (secondary N) is 1. The second-order valence-electron chi connectivity index (χ2n) is 6.46. The number of hydrogen-bond donors (Lipinski definition) is 1. The van der Waals surface area contributed by atoms with Crippen LogP contribution in [0, 0.1) is 0 Å². The molecule has 1 N–H and O–H groups in total. The molecule has 2 aromatic carbocycles. The molecule has 1 amide bonds. The summed E-state index contributed by atoms with van der Waals surface area (Å²) >= 11 is 0.